The van der Waals surface area contributed by atoms with Crippen molar-refractivity contribution in [2.75, 3.05) is 5.32 Å². The highest BCUT2D eigenvalue weighted by atomic mass is 16.3. The van der Waals surface area contributed by atoms with Crippen LogP contribution in [0.1, 0.15) is 57.8 Å². The normalized spacial score (nSPS) is 10.7. The van der Waals surface area contributed by atoms with Gasteiger partial charge in [-0.05, 0) is 42.5 Å². The van der Waals surface area contributed by atoms with Gasteiger partial charge in [-0.2, -0.15) is 0 Å². The Kier molecular flexibility index (Phi) is 5.68. The number of ketones is 2. The molecule has 1 aromatic heterocycles. The molecule has 0 radical (unpaired) electrons. The summed E-state index contributed by atoms with van der Waals surface area (Å²) in [4.78, 5) is 48.6. The number of amides is 2. The van der Waals surface area contributed by atoms with E-state index in [0.717, 1.165) is 4.57 Å². The average Bonchev–Trinajstić information content (AvgIpc) is 3.04. The number of Topliss-reactive ketones (excluding diaryl/α,β-unsaturated/α-hetero) is 2. The number of benzene rings is 2. The zero-order chi connectivity index (χ0) is 22.0. The van der Waals surface area contributed by atoms with Crippen LogP contribution in [0.15, 0.2) is 42.5 Å². The molecule has 0 spiro atoms. The van der Waals surface area contributed by atoms with E-state index < -0.39 is 17.8 Å². The SMILES string of the molecule is CCC(=O)c1ccc(NC(=O)c2c(O)n(C(N)=O)c3ccc(C(=O)CC)cc23)cc1. The number of primary amides is 1. The molecule has 30 heavy (non-hydrogen) atoms. The molecule has 0 saturated carbocycles. The Labute approximate surface area is 172 Å². The minimum Gasteiger partial charge on any atom is -0.494 e. The number of rotatable bonds is 6. The third kappa shape index (κ3) is 3.67. The molecule has 2 amide bonds. The number of fused-ring (bicyclic) bond motifs is 1. The summed E-state index contributed by atoms with van der Waals surface area (Å²) in [5.74, 6) is -1.48. The number of aromatic hydroxyl groups is 1. The van der Waals surface area contributed by atoms with Crippen LogP contribution in [-0.4, -0.2) is 33.2 Å². The summed E-state index contributed by atoms with van der Waals surface area (Å²) in [5.41, 5.74) is 6.66. The second-order valence-corrected chi connectivity index (χ2v) is 6.69. The van der Waals surface area contributed by atoms with Crippen molar-refractivity contribution < 1.29 is 24.3 Å². The van der Waals surface area contributed by atoms with E-state index in [-0.39, 0.29) is 34.5 Å². The maximum Gasteiger partial charge on any atom is 0.326 e. The monoisotopic (exact) mass is 407 g/mol. The van der Waals surface area contributed by atoms with Gasteiger partial charge in [-0.25, -0.2) is 9.36 Å². The van der Waals surface area contributed by atoms with E-state index in [1.165, 1.54) is 18.2 Å². The zero-order valence-electron chi connectivity index (χ0n) is 16.6. The van der Waals surface area contributed by atoms with Crippen LogP contribution in [0.5, 0.6) is 5.88 Å². The predicted octanol–water partition coefficient (Wildman–Crippen LogP) is 3.71. The highest BCUT2D eigenvalue weighted by Crippen LogP contribution is 2.33. The molecule has 0 aliphatic carbocycles. The molecule has 0 bridgehead atoms. The molecule has 0 saturated heterocycles. The van der Waals surface area contributed by atoms with Crippen LogP contribution in [0.25, 0.3) is 10.9 Å². The lowest BCUT2D eigenvalue weighted by Gasteiger charge is -2.06. The Balaban J connectivity index is 2.06. The number of carbonyl (C=O) groups is 4. The van der Waals surface area contributed by atoms with Gasteiger partial charge in [0.1, 0.15) is 5.56 Å². The first-order valence-electron chi connectivity index (χ1n) is 9.43. The van der Waals surface area contributed by atoms with E-state index in [2.05, 4.69) is 5.32 Å². The van der Waals surface area contributed by atoms with Crippen LogP contribution < -0.4 is 11.1 Å². The lowest BCUT2D eigenvalue weighted by atomic mass is 10.0. The van der Waals surface area contributed by atoms with Crippen molar-refractivity contribution in [1.82, 2.24) is 4.57 Å². The molecule has 0 aliphatic heterocycles. The first-order chi connectivity index (χ1) is 14.3. The fourth-order valence-electron chi connectivity index (χ4n) is 3.24. The minimum absolute atomic E-state index is 0.0248. The predicted molar refractivity (Wildman–Crippen MR) is 112 cm³/mol. The van der Waals surface area contributed by atoms with Gasteiger partial charge in [-0.15, -0.1) is 0 Å². The van der Waals surface area contributed by atoms with E-state index in [1.54, 1.807) is 38.1 Å². The molecule has 154 valence electrons. The standard InChI is InChI=1S/C22H21N3O5/c1-3-17(26)12-5-8-14(9-6-12)24-20(28)19-15-11-13(18(27)4-2)7-10-16(15)25(21(19)29)22(23)30/h5-11,29H,3-4H2,1-2H3,(H2,23,30)(H,24,28). The van der Waals surface area contributed by atoms with Gasteiger partial charge in [0.2, 0.25) is 5.88 Å². The molecule has 1 heterocycles. The van der Waals surface area contributed by atoms with Crippen LogP contribution in [-0.2, 0) is 0 Å². The largest absolute Gasteiger partial charge is 0.494 e. The molecule has 0 unspecified atom stereocenters. The molecule has 3 aromatic rings. The Morgan fingerprint density at radius 3 is 2.07 bits per heavy atom. The van der Waals surface area contributed by atoms with Crippen LogP contribution in [0, 0.1) is 0 Å². The van der Waals surface area contributed by atoms with Crippen LogP contribution >= 0.6 is 0 Å². The Hall–Kier alpha value is -3.94. The molecule has 0 aliphatic rings. The van der Waals surface area contributed by atoms with E-state index in [9.17, 15) is 24.3 Å². The van der Waals surface area contributed by atoms with E-state index >= 15 is 0 Å². The van der Waals surface area contributed by atoms with E-state index in [1.807, 2.05) is 0 Å². The summed E-state index contributed by atoms with van der Waals surface area (Å²) in [7, 11) is 0. The Morgan fingerprint density at radius 1 is 0.933 bits per heavy atom. The summed E-state index contributed by atoms with van der Waals surface area (Å²) in [6, 6.07) is 9.78. The molecule has 2 aromatic carbocycles. The quantitative estimate of drug-likeness (QED) is 0.536. The molecule has 0 fully saturated rings. The van der Waals surface area contributed by atoms with Crippen molar-refractivity contribution in [1.29, 1.82) is 0 Å². The number of hydrogen-bond donors (Lipinski definition) is 3. The number of nitrogens with zero attached hydrogens (tertiary/aromatic N) is 1. The van der Waals surface area contributed by atoms with Gasteiger partial charge >= 0.3 is 6.03 Å². The maximum absolute atomic E-state index is 12.9. The molecular formula is C22H21N3O5. The number of carbonyl (C=O) groups excluding carboxylic acids is 4. The summed E-state index contributed by atoms with van der Waals surface area (Å²) < 4.78 is 0.813. The van der Waals surface area contributed by atoms with Gasteiger partial charge in [0.25, 0.3) is 5.91 Å². The topological polar surface area (TPSA) is 131 Å². The fourth-order valence-corrected chi connectivity index (χ4v) is 3.24. The van der Waals surface area contributed by atoms with Crippen LogP contribution in [0.3, 0.4) is 0 Å². The Bertz CT molecular complexity index is 1180. The number of hydrogen-bond acceptors (Lipinski definition) is 5. The van der Waals surface area contributed by atoms with Crippen molar-refractivity contribution in [2.45, 2.75) is 26.7 Å². The second kappa shape index (κ2) is 8.20. The minimum atomic E-state index is -0.964. The van der Waals surface area contributed by atoms with Crippen molar-refractivity contribution >= 4 is 40.1 Å². The lowest BCUT2D eigenvalue weighted by Crippen LogP contribution is -2.19. The smallest absolute Gasteiger partial charge is 0.326 e. The third-order valence-electron chi connectivity index (χ3n) is 4.82. The van der Waals surface area contributed by atoms with Crippen molar-refractivity contribution in [3.63, 3.8) is 0 Å². The molecule has 0 atom stereocenters. The molecular weight excluding hydrogens is 386 g/mol. The van der Waals surface area contributed by atoms with Gasteiger partial charge in [0, 0.05) is 35.0 Å². The Morgan fingerprint density at radius 2 is 1.50 bits per heavy atom. The average molecular weight is 407 g/mol. The van der Waals surface area contributed by atoms with Gasteiger partial charge in [0.15, 0.2) is 11.6 Å². The third-order valence-corrected chi connectivity index (χ3v) is 4.82. The molecule has 8 heteroatoms. The van der Waals surface area contributed by atoms with Crippen molar-refractivity contribution in [3.05, 3.63) is 59.2 Å². The second-order valence-electron chi connectivity index (χ2n) is 6.69. The molecule has 3 rings (SSSR count). The van der Waals surface area contributed by atoms with Gasteiger partial charge in [-0.3, -0.25) is 14.4 Å². The highest BCUT2D eigenvalue weighted by molar-refractivity contribution is 6.17. The first kappa shape index (κ1) is 20.8. The zero-order valence-corrected chi connectivity index (χ0v) is 16.6. The molecule has 4 N–H and O–H groups in total. The van der Waals surface area contributed by atoms with Crippen LogP contribution in [0.2, 0.25) is 0 Å². The van der Waals surface area contributed by atoms with E-state index in [0.29, 0.717) is 23.2 Å². The van der Waals surface area contributed by atoms with Gasteiger partial charge < -0.3 is 16.2 Å². The van der Waals surface area contributed by atoms with Crippen molar-refractivity contribution in [3.8, 4) is 5.88 Å². The summed E-state index contributed by atoms with van der Waals surface area (Å²) in [6.45, 7) is 3.46. The van der Waals surface area contributed by atoms with Crippen LogP contribution in [0.4, 0.5) is 10.5 Å². The summed E-state index contributed by atoms with van der Waals surface area (Å²) in [6.07, 6.45) is 0.628. The number of anilines is 1. The van der Waals surface area contributed by atoms with E-state index in [4.69, 9.17) is 5.73 Å². The molecule has 8 nitrogen and oxygen atoms in total. The fraction of sp³-hybridized carbons (Fsp3) is 0.182. The number of aromatic nitrogens is 1. The summed E-state index contributed by atoms with van der Waals surface area (Å²) in [5, 5.41) is 13.4. The van der Waals surface area contributed by atoms with Crippen molar-refractivity contribution in [2.24, 2.45) is 5.73 Å². The first-order valence-corrected chi connectivity index (χ1v) is 9.43. The highest BCUT2D eigenvalue weighted by Gasteiger charge is 2.25. The van der Waals surface area contributed by atoms with Gasteiger partial charge in [-0.1, -0.05) is 13.8 Å². The number of nitrogens with two attached hydrogens (primary N) is 1. The van der Waals surface area contributed by atoms with Gasteiger partial charge in [0.05, 0.1) is 5.52 Å². The maximum atomic E-state index is 12.9. The number of nitrogens with one attached hydrogen (secondary N) is 1. The lowest BCUT2D eigenvalue weighted by molar-refractivity contribution is 0.0980. The summed E-state index contributed by atoms with van der Waals surface area (Å²) >= 11 is 0.